The molecule has 43 heavy (non-hydrogen) atoms. The molecule has 11 nitrogen and oxygen atoms in total. The molecule has 2 aromatic carbocycles. The number of amides is 3. The van der Waals surface area contributed by atoms with Gasteiger partial charge in [0.05, 0.1) is 0 Å². The number of rotatable bonds is 10. The molecule has 0 aromatic heterocycles. The van der Waals surface area contributed by atoms with E-state index in [2.05, 4.69) is 17.2 Å². The van der Waals surface area contributed by atoms with Gasteiger partial charge in [-0.2, -0.15) is 4.90 Å². The maximum Gasteiger partial charge on any atom is 0.425 e. The number of fused-ring (bicyclic) bond motifs is 3. The Balaban J connectivity index is 1.54. The molecule has 2 aromatic rings. The number of hydrogen-bond acceptors (Lipinski definition) is 8. The van der Waals surface area contributed by atoms with Crippen LogP contribution >= 0.6 is 0 Å². The van der Waals surface area contributed by atoms with Gasteiger partial charge in [-0.05, 0) is 76.6 Å². The molecule has 0 saturated heterocycles. The lowest BCUT2D eigenvalue weighted by Crippen LogP contribution is -2.46. The first-order valence-electron chi connectivity index (χ1n) is 14.1. The monoisotopic (exact) mass is 595 g/mol. The number of nitrogens with one attached hydrogen (secondary N) is 2. The number of benzene rings is 2. The fraction of sp³-hybridized carbons (Fsp3) is 0.438. The molecule has 232 valence electrons. The van der Waals surface area contributed by atoms with Gasteiger partial charge < -0.3 is 30.0 Å². The number of carbonyl (C=O) groups is 4. The number of carboxylic acid groups (broad SMARTS) is 1. The van der Waals surface area contributed by atoms with Crippen molar-refractivity contribution in [2.24, 2.45) is 0 Å². The van der Waals surface area contributed by atoms with Crippen LogP contribution in [0.25, 0.3) is 11.1 Å². The molecule has 11 heteroatoms. The van der Waals surface area contributed by atoms with E-state index in [4.69, 9.17) is 14.2 Å². The quantitative estimate of drug-likeness (QED) is 0.223. The van der Waals surface area contributed by atoms with E-state index in [1.165, 1.54) is 0 Å². The zero-order chi connectivity index (χ0) is 31.9. The Hall–Kier alpha value is -4.54. The Kier molecular flexibility index (Phi) is 10.4. The molecule has 3 N–H and O–H groups in total. The normalized spacial score (nSPS) is 13.2. The summed E-state index contributed by atoms with van der Waals surface area (Å²) in [6.07, 6.45) is -2.50. The molecule has 0 saturated carbocycles. The van der Waals surface area contributed by atoms with Crippen LogP contribution in [0.2, 0.25) is 0 Å². The van der Waals surface area contributed by atoms with Crippen LogP contribution in [0.5, 0.6) is 0 Å². The smallest absolute Gasteiger partial charge is 0.425 e. The lowest BCUT2D eigenvalue weighted by molar-refractivity contribution is -0.139. The number of carbonyl (C=O) groups excluding carboxylic acids is 3. The van der Waals surface area contributed by atoms with Crippen LogP contribution in [0, 0.1) is 0 Å². The number of nitrogens with zero attached hydrogens (tertiary/aromatic N) is 1. The number of ether oxygens (including phenoxy) is 3. The van der Waals surface area contributed by atoms with Crippen molar-refractivity contribution in [2.45, 2.75) is 77.5 Å². The van der Waals surface area contributed by atoms with Gasteiger partial charge in [0.1, 0.15) is 29.7 Å². The SMILES string of the molecule is C=C(NCCC[C@H](NC(=O)OCC1c2ccccc2-c2ccccc21)C(=O)O)N(C(=O)OC(C)(C)C)C(=O)OC(C)(C)C. The van der Waals surface area contributed by atoms with Crippen LogP contribution in [0.15, 0.2) is 60.9 Å². The minimum Gasteiger partial charge on any atom is -0.480 e. The van der Waals surface area contributed by atoms with Gasteiger partial charge >= 0.3 is 24.2 Å². The molecule has 3 rings (SSSR count). The summed E-state index contributed by atoms with van der Waals surface area (Å²) in [5, 5.41) is 14.9. The van der Waals surface area contributed by atoms with E-state index in [9.17, 15) is 24.3 Å². The van der Waals surface area contributed by atoms with Gasteiger partial charge in [0.15, 0.2) is 0 Å². The molecule has 0 radical (unpaired) electrons. The highest BCUT2D eigenvalue weighted by atomic mass is 16.6. The molecule has 0 unspecified atom stereocenters. The molecule has 3 amide bonds. The van der Waals surface area contributed by atoms with Gasteiger partial charge in [-0.3, -0.25) is 0 Å². The minimum atomic E-state index is -1.23. The van der Waals surface area contributed by atoms with E-state index in [1.54, 1.807) is 41.5 Å². The molecule has 0 bridgehead atoms. The van der Waals surface area contributed by atoms with Gasteiger partial charge in [0.2, 0.25) is 0 Å². The molecule has 0 aliphatic heterocycles. The Bertz CT molecular complexity index is 1290. The fourth-order valence-corrected chi connectivity index (χ4v) is 4.57. The molecule has 0 spiro atoms. The summed E-state index contributed by atoms with van der Waals surface area (Å²) >= 11 is 0. The van der Waals surface area contributed by atoms with Crippen molar-refractivity contribution in [3.63, 3.8) is 0 Å². The lowest BCUT2D eigenvalue weighted by Gasteiger charge is -2.29. The summed E-state index contributed by atoms with van der Waals surface area (Å²) in [6, 6.07) is 14.6. The first-order valence-corrected chi connectivity index (χ1v) is 14.1. The van der Waals surface area contributed by atoms with Gasteiger partial charge in [-0.25, -0.2) is 19.2 Å². The van der Waals surface area contributed by atoms with Crippen LogP contribution in [0.1, 0.15) is 71.4 Å². The van der Waals surface area contributed by atoms with Crippen molar-refractivity contribution in [1.29, 1.82) is 0 Å². The first kappa shape index (κ1) is 33.0. The molecule has 1 atom stereocenters. The fourth-order valence-electron chi connectivity index (χ4n) is 4.57. The van der Waals surface area contributed by atoms with E-state index in [0.717, 1.165) is 22.3 Å². The summed E-state index contributed by atoms with van der Waals surface area (Å²) in [7, 11) is 0. The maximum atomic E-state index is 12.7. The Labute approximate surface area is 252 Å². The van der Waals surface area contributed by atoms with E-state index in [0.29, 0.717) is 4.90 Å². The van der Waals surface area contributed by atoms with Crippen molar-refractivity contribution in [3.05, 3.63) is 72.1 Å². The second-order valence-electron chi connectivity index (χ2n) is 12.2. The molecule has 1 aliphatic carbocycles. The summed E-state index contributed by atoms with van der Waals surface area (Å²) in [6.45, 7) is 13.9. The topological polar surface area (TPSA) is 144 Å². The minimum absolute atomic E-state index is 0.0404. The van der Waals surface area contributed by atoms with Crippen LogP contribution in [-0.2, 0) is 19.0 Å². The molecular formula is C32H41N3O8. The first-order chi connectivity index (χ1) is 20.1. The van der Waals surface area contributed by atoms with Gasteiger partial charge in [0.25, 0.3) is 0 Å². The molecular weight excluding hydrogens is 554 g/mol. The summed E-state index contributed by atoms with van der Waals surface area (Å²) in [5.41, 5.74) is 2.51. The third-order valence-corrected chi connectivity index (χ3v) is 6.35. The van der Waals surface area contributed by atoms with E-state index in [1.807, 2.05) is 48.5 Å². The van der Waals surface area contributed by atoms with Crippen LogP contribution in [0.3, 0.4) is 0 Å². The highest BCUT2D eigenvalue weighted by Gasteiger charge is 2.34. The number of hydrogen-bond donors (Lipinski definition) is 3. The third-order valence-electron chi connectivity index (χ3n) is 6.35. The Morgan fingerprint density at radius 3 is 1.84 bits per heavy atom. The van der Waals surface area contributed by atoms with Crippen LogP contribution in [-0.4, -0.2) is 64.7 Å². The third kappa shape index (κ3) is 9.22. The van der Waals surface area contributed by atoms with Gasteiger partial charge in [-0.1, -0.05) is 55.1 Å². The van der Waals surface area contributed by atoms with Crippen molar-refractivity contribution in [2.75, 3.05) is 13.2 Å². The second-order valence-corrected chi connectivity index (χ2v) is 12.2. The highest BCUT2D eigenvalue weighted by molar-refractivity contribution is 5.90. The predicted molar refractivity (Wildman–Crippen MR) is 160 cm³/mol. The van der Waals surface area contributed by atoms with Crippen molar-refractivity contribution in [3.8, 4) is 11.1 Å². The summed E-state index contributed by atoms with van der Waals surface area (Å²) in [4.78, 5) is 50.6. The average molecular weight is 596 g/mol. The highest BCUT2D eigenvalue weighted by Crippen LogP contribution is 2.44. The number of carboxylic acids is 1. The number of imide groups is 1. The van der Waals surface area contributed by atoms with E-state index < -0.39 is 41.5 Å². The molecule has 0 fully saturated rings. The maximum absolute atomic E-state index is 12.7. The zero-order valence-corrected chi connectivity index (χ0v) is 25.6. The summed E-state index contributed by atoms with van der Waals surface area (Å²) < 4.78 is 16.1. The average Bonchev–Trinajstić information content (AvgIpc) is 3.20. The van der Waals surface area contributed by atoms with Crippen molar-refractivity contribution < 1.29 is 38.5 Å². The number of alkyl carbamates (subject to hydrolysis) is 1. The van der Waals surface area contributed by atoms with Crippen molar-refractivity contribution >= 4 is 24.2 Å². The molecule has 0 heterocycles. The largest absolute Gasteiger partial charge is 0.480 e. The van der Waals surface area contributed by atoms with E-state index in [-0.39, 0.29) is 37.7 Å². The molecule has 1 aliphatic rings. The Morgan fingerprint density at radius 2 is 1.37 bits per heavy atom. The zero-order valence-electron chi connectivity index (χ0n) is 25.6. The van der Waals surface area contributed by atoms with E-state index >= 15 is 0 Å². The van der Waals surface area contributed by atoms with Crippen LogP contribution < -0.4 is 10.6 Å². The predicted octanol–water partition coefficient (Wildman–Crippen LogP) is 5.99. The van der Waals surface area contributed by atoms with Gasteiger partial charge in [-0.15, -0.1) is 0 Å². The van der Waals surface area contributed by atoms with Crippen LogP contribution in [0.4, 0.5) is 14.4 Å². The second kappa shape index (κ2) is 13.6. The summed E-state index contributed by atoms with van der Waals surface area (Å²) in [5.74, 6) is -1.48. The van der Waals surface area contributed by atoms with Crippen molar-refractivity contribution in [1.82, 2.24) is 15.5 Å². The standard InChI is InChI=1S/C32H41N3O8/c1-20(35(29(39)42-31(2,3)4)30(40)43-32(5,6)7)33-18-12-17-26(27(36)37)34-28(38)41-19-25-23-15-10-8-13-21(23)22-14-9-11-16-24(22)25/h8-11,13-16,25-26,33H,1,12,17-19H2,2-7H3,(H,34,38)(H,36,37)/t26-/m0/s1. The Morgan fingerprint density at radius 1 is 0.884 bits per heavy atom. The van der Waals surface area contributed by atoms with Gasteiger partial charge in [0, 0.05) is 12.5 Å². The number of aliphatic carboxylic acids is 1. The lowest BCUT2D eigenvalue weighted by atomic mass is 9.98.